The van der Waals surface area contributed by atoms with Crippen LogP contribution in [0.2, 0.25) is 0 Å². The van der Waals surface area contributed by atoms with Crippen molar-refractivity contribution in [2.24, 2.45) is 10.7 Å². The third-order valence-electron chi connectivity index (χ3n) is 3.97. The largest absolute Gasteiger partial charge is 0.377 e. The van der Waals surface area contributed by atoms with E-state index in [1.807, 2.05) is 26.0 Å². The fourth-order valence-electron chi connectivity index (χ4n) is 2.28. The molecule has 0 atom stereocenters. The van der Waals surface area contributed by atoms with E-state index >= 15 is 0 Å². The third kappa shape index (κ3) is 4.34. The van der Waals surface area contributed by atoms with E-state index < -0.39 is 0 Å². The second kappa shape index (κ2) is 6.96. The molecule has 1 aliphatic heterocycles. The summed E-state index contributed by atoms with van der Waals surface area (Å²) in [4.78, 5) is 8.73. The summed E-state index contributed by atoms with van der Waals surface area (Å²) in [6.45, 7) is 7.80. The van der Waals surface area contributed by atoms with Gasteiger partial charge < -0.3 is 20.3 Å². The van der Waals surface area contributed by atoms with Gasteiger partial charge in [0.2, 0.25) is 0 Å². The molecule has 1 aromatic rings. The SMILES string of the molecule is COC(C)(C)CN=C(N)N1CCN(c2ccc(F)cc2)CC1. The molecule has 1 aromatic carbocycles. The number of aliphatic imine (C=N–C) groups is 1. The molecule has 0 saturated carbocycles. The van der Waals surface area contributed by atoms with Crippen LogP contribution in [0.25, 0.3) is 0 Å². The van der Waals surface area contributed by atoms with Gasteiger partial charge >= 0.3 is 0 Å². The molecule has 0 radical (unpaired) electrons. The van der Waals surface area contributed by atoms with Crippen LogP contribution in [-0.4, -0.2) is 56.3 Å². The summed E-state index contributed by atoms with van der Waals surface area (Å²) in [7, 11) is 1.67. The first-order valence-electron chi connectivity index (χ1n) is 7.52. The Morgan fingerprint density at radius 2 is 1.82 bits per heavy atom. The van der Waals surface area contributed by atoms with E-state index in [1.54, 1.807) is 7.11 Å². The topological polar surface area (TPSA) is 54.1 Å². The summed E-state index contributed by atoms with van der Waals surface area (Å²) in [5.41, 5.74) is 6.80. The number of ether oxygens (including phenoxy) is 1. The smallest absolute Gasteiger partial charge is 0.191 e. The molecule has 22 heavy (non-hydrogen) atoms. The second-order valence-electron chi connectivity index (χ2n) is 6.09. The number of methoxy groups -OCH3 is 1. The third-order valence-corrected chi connectivity index (χ3v) is 3.97. The first kappa shape index (κ1) is 16.5. The molecule has 5 nitrogen and oxygen atoms in total. The lowest BCUT2D eigenvalue weighted by Gasteiger charge is -2.36. The van der Waals surface area contributed by atoms with E-state index in [4.69, 9.17) is 10.5 Å². The maximum absolute atomic E-state index is 13.0. The number of benzene rings is 1. The van der Waals surface area contributed by atoms with Crippen molar-refractivity contribution < 1.29 is 9.13 Å². The molecule has 0 spiro atoms. The predicted octanol–water partition coefficient (Wildman–Crippen LogP) is 1.69. The van der Waals surface area contributed by atoms with Crippen LogP contribution in [0, 0.1) is 5.82 Å². The number of nitrogens with two attached hydrogens (primary N) is 1. The van der Waals surface area contributed by atoms with Crippen LogP contribution in [0.3, 0.4) is 0 Å². The number of nitrogens with zero attached hydrogens (tertiary/aromatic N) is 3. The number of halogens is 1. The Bertz CT molecular complexity index is 507. The highest BCUT2D eigenvalue weighted by Crippen LogP contribution is 2.17. The number of hydrogen-bond acceptors (Lipinski definition) is 3. The maximum atomic E-state index is 13.0. The summed E-state index contributed by atoms with van der Waals surface area (Å²) in [5, 5.41) is 0. The number of piperazine rings is 1. The molecule has 0 amide bonds. The van der Waals surface area contributed by atoms with Gasteiger partial charge in [-0.1, -0.05) is 0 Å². The zero-order valence-corrected chi connectivity index (χ0v) is 13.6. The summed E-state index contributed by atoms with van der Waals surface area (Å²) in [6.07, 6.45) is 0. The Morgan fingerprint density at radius 3 is 2.36 bits per heavy atom. The Hall–Kier alpha value is -1.82. The molecule has 0 aliphatic carbocycles. The van der Waals surface area contributed by atoms with Crippen LogP contribution < -0.4 is 10.6 Å². The van der Waals surface area contributed by atoms with E-state index in [-0.39, 0.29) is 11.4 Å². The summed E-state index contributed by atoms with van der Waals surface area (Å²) >= 11 is 0. The molecule has 2 rings (SSSR count). The Kier molecular flexibility index (Phi) is 5.24. The number of guanidine groups is 1. The molecule has 1 fully saturated rings. The summed E-state index contributed by atoms with van der Waals surface area (Å²) in [5.74, 6) is 0.350. The molecule has 1 heterocycles. The standard InChI is InChI=1S/C16H25FN4O/c1-16(2,22-3)12-19-15(18)21-10-8-20(9-11-21)14-6-4-13(17)5-7-14/h4-7H,8-12H2,1-3H3,(H2,18,19). The van der Waals surface area contributed by atoms with E-state index in [0.717, 1.165) is 31.9 Å². The van der Waals surface area contributed by atoms with Gasteiger partial charge in [-0.2, -0.15) is 0 Å². The van der Waals surface area contributed by atoms with Crippen molar-refractivity contribution in [2.75, 3.05) is 44.7 Å². The molecule has 0 aromatic heterocycles. The van der Waals surface area contributed by atoms with Gasteiger partial charge in [-0.3, -0.25) is 4.99 Å². The normalized spacial score (nSPS) is 17.0. The van der Waals surface area contributed by atoms with Gasteiger partial charge in [0.25, 0.3) is 0 Å². The quantitative estimate of drug-likeness (QED) is 0.679. The second-order valence-corrected chi connectivity index (χ2v) is 6.09. The van der Waals surface area contributed by atoms with Crippen molar-refractivity contribution in [2.45, 2.75) is 19.4 Å². The highest BCUT2D eigenvalue weighted by Gasteiger charge is 2.20. The van der Waals surface area contributed by atoms with Gasteiger partial charge in [-0.25, -0.2) is 4.39 Å². The first-order chi connectivity index (χ1) is 10.4. The molecule has 1 saturated heterocycles. The number of rotatable bonds is 4. The van der Waals surface area contributed by atoms with Crippen molar-refractivity contribution in [3.63, 3.8) is 0 Å². The van der Waals surface area contributed by atoms with Gasteiger partial charge in [0.15, 0.2) is 5.96 Å². The molecule has 0 bridgehead atoms. The Balaban J connectivity index is 1.88. The van der Waals surface area contributed by atoms with Crippen LogP contribution in [0.4, 0.5) is 10.1 Å². The maximum Gasteiger partial charge on any atom is 0.191 e. The molecule has 1 aliphatic rings. The van der Waals surface area contributed by atoms with Gasteiger partial charge in [-0.15, -0.1) is 0 Å². The minimum atomic E-state index is -0.305. The minimum absolute atomic E-state index is 0.209. The lowest BCUT2D eigenvalue weighted by atomic mass is 10.1. The minimum Gasteiger partial charge on any atom is -0.377 e. The van der Waals surface area contributed by atoms with E-state index in [2.05, 4.69) is 14.8 Å². The summed E-state index contributed by atoms with van der Waals surface area (Å²) in [6, 6.07) is 6.60. The van der Waals surface area contributed by atoms with Crippen molar-refractivity contribution in [1.29, 1.82) is 0 Å². The lowest BCUT2D eigenvalue weighted by Crippen LogP contribution is -2.51. The monoisotopic (exact) mass is 308 g/mol. The van der Waals surface area contributed by atoms with Crippen LogP contribution in [-0.2, 0) is 4.74 Å². The fraction of sp³-hybridized carbons (Fsp3) is 0.562. The van der Waals surface area contributed by atoms with E-state index in [0.29, 0.717) is 12.5 Å². The highest BCUT2D eigenvalue weighted by atomic mass is 19.1. The predicted molar refractivity (Wildman–Crippen MR) is 87.8 cm³/mol. The number of hydrogen-bond donors (Lipinski definition) is 1. The number of anilines is 1. The first-order valence-corrected chi connectivity index (χ1v) is 7.52. The van der Waals surface area contributed by atoms with Crippen molar-refractivity contribution >= 4 is 11.6 Å². The molecule has 6 heteroatoms. The van der Waals surface area contributed by atoms with Gasteiger partial charge in [-0.05, 0) is 38.1 Å². The van der Waals surface area contributed by atoms with Crippen LogP contribution >= 0.6 is 0 Å². The van der Waals surface area contributed by atoms with Crippen LogP contribution in [0.15, 0.2) is 29.3 Å². The molecular formula is C16H25FN4O. The molecular weight excluding hydrogens is 283 g/mol. The van der Waals surface area contributed by atoms with Gasteiger partial charge in [0, 0.05) is 39.0 Å². The van der Waals surface area contributed by atoms with Crippen molar-refractivity contribution in [3.05, 3.63) is 30.1 Å². The van der Waals surface area contributed by atoms with Gasteiger partial charge in [0.1, 0.15) is 5.82 Å². The van der Waals surface area contributed by atoms with Crippen molar-refractivity contribution in [1.82, 2.24) is 4.90 Å². The van der Waals surface area contributed by atoms with Gasteiger partial charge in [0.05, 0.1) is 12.1 Å². The van der Waals surface area contributed by atoms with E-state index in [9.17, 15) is 4.39 Å². The molecule has 122 valence electrons. The van der Waals surface area contributed by atoms with Crippen molar-refractivity contribution in [3.8, 4) is 0 Å². The zero-order valence-electron chi connectivity index (χ0n) is 13.6. The average Bonchev–Trinajstić information content (AvgIpc) is 2.54. The lowest BCUT2D eigenvalue weighted by molar-refractivity contribution is 0.0309. The highest BCUT2D eigenvalue weighted by molar-refractivity contribution is 5.78. The zero-order chi connectivity index (χ0) is 16.2. The Labute approximate surface area is 131 Å². The van der Waals surface area contributed by atoms with E-state index in [1.165, 1.54) is 12.1 Å². The molecule has 2 N–H and O–H groups in total. The average molecular weight is 308 g/mol. The Morgan fingerprint density at radius 1 is 1.23 bits per heavy atom. The molecule has 0 unspecified atom stereocenters. The fourth-order valence-corrected chi connectivity index (χ4v) is 2.28. The van der Waals surface area contributed by atoms with Crippen LogP contribution in [0.1, 0.15) is 13.8 Å². The summed E-state index contributed by atoms with van der Waals surface area (Å²) < 4.78 is 18.3. The van der Waals surface area contributed by atoms with Crippen LogP contribution in [0.5, 0.6) is 0 Å².